The number of para-hydroxylation sites is 1. The lowest BCUT2D eigenvalue weighted by atomic mass is 9.88. The summed E-state index contributed by atoms with van der Waals surface area (Å²) in [6.45, 7) is 0. The summed E-state index contributed by atoms with van der Waals surface area (Å²) in [5.74, 6) is -3.15. The second-order valence-corrected chi connectivity index (χ2v) is 5.11. The molecule has 0 fully saturated rings. The van der Waals surface area contributed by atoms with Crippen LogP contribution in [0, 0.1) is 11.6 Å². The fourth-order valence-corrected chi connectivity index (χ4v) is 2.73. The normalized spacial score (nSPS) is 12.5. The Bertz CT molecular complexity index is 842. The quantitative estimate of drug-likeness (QED) is 0.763. The van der Waals surface area contributed by atoms with Crippen molar-refractivity contribution in [2.24, 2.45) is 0 Å². The van der Waals surface area contributed by atoms with Crippen LogP contribution in [0.3, 0.4) is 0 Å². The number of aliphatic carboxylic acids is 1. The Morgan fingerprint density at radius 1 is 1.14 bits per heavy atom. The minimum atomic E-state index is -1.04. The summed E-state index contributed by atoms with van der Waals surface area (Å²) in [7, 11) is 0. The van der Waals surface area contributed by atoms with Gasteiger partial charge >= 0.3 is 5.97 Å². The molecule has 0 spiro atoms. The third-order valence-electron chi connectivity index (χ3n) is 3.71. The first kappa shape index (κ1) is 14.3. The number of nitrogens with one attached hydrogen (secondary N) is 1. The van der Waals surface area contributed by atoms with Gasteiger partial charge in [0.15, 0.2) is 0 Å². The van der Waals surface area contributed by atoms with Gasteiger partial charge in [-0.1, -0.05) is 24.3 Å². The van der Waals surface area contributed by atoms with Crippen molar-refractivity contribution >= 4 is 16.9 Å². The van der Waals surface area contributed by atoms with Crippen LogP contribution in [-0.2, 0) is 4.79 Å². The molecule has 0 bridgehead atoms. The average molecular weight is 301 g/mol. The van der Waals surface area contributed by atoms with Gasteiger partial charge in [-0.2, -0.15) is 0 Å². The van der Waals surface area contributed by atoms with Crippen LogP contribution in [0.25, 0.3) is 10.9 Å². The van der Waals surface area contributed by atoms with Gasteiger partial charge in [-0.15, -0.1) is 0 Å². The highest BCUT2D eigenvalue weighted by Gasteiger charge is 2.24. The van der Waals surface area contributed by atoms with Gasteiger partial charge in [-0.3, -0.25) is 4.79 Å². The van der Waals surface area contributed by atoms with Gasteiger partial charge in [0.25, 0.3) is 0 Å². The fraction of sp³-hybridized carbons (Fsp3) is 0.118. The number of fused-ring (bicyclic) bond motifs is 1. The average Bonchev–Trinajstić information content (AvgIpc) is 2.89. The van der Waals surface area contributed by atoms with Gasteiger partial charge in [0.2, 0.25) is 0 Å². The van der Waals surface area contributed by atoms with Crippen molar-refractivity contribution in [1.29, 1.82) is 0 Å². The molecule has 3 aromatic rings. The first-order valence-corrected chi connectivity index (χ1v) is 6.79. The van der Waals surface area contributed by atoms with Crippen molar-refractivity contribution in [2.45, 2.75) is 12.3 Å². The van der Waals surface area contributed by atoms with Crippen molar-refractivity contribution in [3.63, 3.8) is 0 Å². The molecule has 0 radical (unpaired) electrons. The Hall–Kier alpha value is -2.69. The zero-order valence-electron chi connectivity index (χ0n) is 11.5. The molecule has 5 heteroatoms. The summed E-state index contributed by atoms with van der Waals surface area (Å²) in [4.78, 5) is 14.2. The molecule has 3 rings (SSSR count). The number of carboxylic acid groups (broad SMARTS) is 1. The molecule has 1 atom stereocenters. The first-order chi connectivity index (χ1) is 10.6. The second-order valence-electron chi connectivity index (χ2n) is 5.11. The molecule has 0 aliphatic heterocycles. The van der Waals surface area contributed by atoms with E-state index in [1.165, 1.54) is 6.07 Å². The van der Waals surface area contributed by atoms with E-state index in [1.807, 2.05) is 24.3 Å². The smallest absolute Gasteiger partial charge is 0.304 e. The number of hydrogen-bond acceptors (Lipinski definition) is 1. The largest absolute Gasteiger partial charge is 0.481 e. The molecule has 0 unspecified atom stereocenters. The Labute approximate surface area is 125 Å². The molecule has 0 saturated heterocycles. The van der Waals surface area contributed by atoms with Crippen molar-refractivity contribution < 1.29 is 18.7 Å². The SMILES string of the molecule is O=C(O)C[C@@H](c1ccc(F)cc1F)c1c[nH]c2ccccc12. The number of aromatic nitrogens is 1. The molecular weight excluding hydrogens is 288 g/mol. The monoisotopic (exact) mass is 301 g/mol. The topological polar surface area (TPSA) is 53.1 Å². The highest BCUT2D eigenvalue weighted by molar-refractivity contribution is 5.85. The highest BCUT2D eigenvalue weighted by atomic mass is 19.1. The first-order valence-electron chi connectivity index (χ1n) is 6.79. The van der Waals surface area contributed by atoms with E-state index in [1.54, 1.807) is 6.20 Å². The van der Waals surface area contributed by atoms with E-state index in [-0.39, 0.29) is 12.0 Å². The number of H-pyrrole nitrogens is 1. The van der Waals surface area contributed by atoms with Gasteiger partial charge in [0.1, 0.15) is 11.6 Å². The van der Waals surface area contributed by atoms with E-state index in [2.05, 4.69) is 4.98 Å². The molecule has 0 saturated carbocycles. The molecule has 1 heterocycles. The Morgan fingerprint density at radius 2 is 1.91 bits per heavy atom. The maximum atomic E-state index is 14.1. The predicted molar refractivity (Wildman–Crippen MR) is 78.8 cm³/mol. The van der Waals surface area contributed by atoms with Crippen LogP contribution in [0.2, 0.25) is 0 Å². The van der Waals surface area contributed by atoms with Crippen LogP contribution in [0.4, 0.5) is 8.78 Å². The summed E-state index contributed by atoms with van der Waals surface area (Å²) in [5, 5.41) is 9.99. The van der Waals surface area contributed by atoms with Gasteiger partial charge < -0.3 is 10.1 Å². The molecular formula is C17H13F2NO2. The zero-order chi connectivity index (χ0) is 15.7. The summed E-state index contributed by atoms with van der Waals surface area (Å²) >= 11 is 0. The van der Waals surface area contributed by atoms with E-state index in [0.717, 1.165) is 23.0 Å². The molecule has 22 heavy (non-hydrogen) atoms. The molecule has 0 aliphatic rings. The minimum absolute atomic E-state index is 0.175. The summed E-state index contributed by atoms with van der Waals surface area (Å²) in [5.41, 5.74) is 1.70. The lowest BCUT2D eigenvalue weighted by Crippen LogP contribution is -2.09. The number of benzene rings is 2. The van der Waals surface area contributed by atoms with Crippen molar-refractivity contribution in [3.8, 4) is 0 Å². The number of aromatic amines is 1. The highest BCUT2D eigenvalue weighted by Crippen LogP contribution is 2.34. The molecule has 1 aromatic heterocycles. The van der Waals surface area contributed by atoms with E-state index in [9.17, 15) is 13.6 Å². The Morgan fingerprint density at radius 3 is 2.64 bits per heavy atom. The molecule has 3 nitrogen and oxygen atoms in total. The summed E-state index contributed by atoms with van der Waals surface area (Å²) < 4.78 is 27.2. The minimum Gasteiger partial charge on any atom is -0.481 e. The molecule has 0 aliphatic carbocycles. The Kier molecular flexibility index (Phi) is 3.63. The maximum Gasteiger partial charge on any atom is 0.304 e. The third-order valence-corrected chi connectivity index (χ3v) is 3.71. The number of hydrogen-bond donors (Lipinski definition) is 2. The van der Waals surface area contributed by atoms with Crippen LogP contribution >= 0.6 is 0 Å². The van der Waals surface area contributed by atoms with E-state index in [0.29, 0.717) is 5.56 Å². The number of halogens is 2. The fourth-order valence-electron chi connectivity index (χ4n) is 2.73. The van der Waals surface area contributed by atoms with Crippen LogP contribution < -0.4 is 0 Å². The van der Waals surface area contributed by atoms with Crippen molar-refractivity contribution in [3.05, 3.63) is 71.4 Å². The molecule has 0 amide bonds. The number of carboxylic acids is 1. The van der Waals surface area contributed by atoms with Crippen molar-refractivity contribution in [1.82, 2.24) is 4.98 Å². The number of rotatable bonds is 4. The summed E-state index contributed by atoms with van der Waals surface area (Å²) in [6.07, 6.45) is 1.41. The van der Waals surface area contributed by atoms with Crippen LogP contribution in [-0.4, -0.2) is 16.1 Å². The maximum absolute atomic E-state index is 14.1. The molecule has 112 valence electrons. The summed E-state index contributed by atoms with van der Waals surface area (Å²) in [6, 6.07) is 10.6. The van der Waals surface area contributed by atoms with Gasteiger partial charge in [0, 0.05) is 29.1 Å². The number of carbonyl (C=O) groups is 1. The van der Waals surface area contributed by atoms with E-state index in [4.69, 9.17) is 5.11 Å². The van der Waals surface area contributed by atoms with Crippen LogP contribution in [0.1, 0.15) is 23.5 Å². The zero-order valence-corrected chi connectivity index (χ0v) is 11.5. The van der Waals surface area contributed by atoms with Crippen LogP contribution in [0.15, 0.2) is 48.7 Å². The molecule has 2 N–H and O–H groups in total. The standard InChI is InChI=1S/C17H13F2NO2/c18-10-5-6-11(15(19)7-10)13(8-17(21)22)14-9-20-16-4-2-1-3-12(14)16/h1-7,9,13,20H,8H2,(H,21,22)/t13-/m0/s1. The third kappa shape index (κ3) is 2.57. The van der Waals surface area contributed by atoms with Crippen molar-refractivity contribution in [2.75, 3.05) is 0 Å². The second kappa shape index (κ2) is 5.60. The van der Waals surface area contributed by atoms with E-state index >= 15 is 0 Å². The van der Waals surface area contributed by atoms with E-state index < -0.39 is 23.5 Å². The predicted octanol–water partition coefficient (Wildman–Crippen LogP) is 4.05. The Balaban J connectivity index is 2.16. The van der Waals surface area contributed by atoms with Gasteiger partial charge in [-0.05, 0) is 23.3 Å². The molecule has 2 aromatic carbocycles. The van der Waals surface area contributed by atoms with Gasteiger partial charge in [-0.25, -0.2) is 8.78 Å². The van der Waals surface area contributed by atoms with Crippen LogP contribution in [0.5, 0.6) is 0 Å². The lowest BCUT2D eigenvalue weighted by molar-refractivity contribution is -0.137. The lowest BCUT2D eigenvalue weighted by Gasteiger charge is -2.16. The van der Waals surface area contributed by atoms with Gasteiger partial charge in [0.05, 0.1) is 6.42 Å².